The lowest BCUT2D eigenvalue weighted by Gasteiger charge is -2.04. The first-order valence-corrected chi connectivity index (χ1v) is 8.42. The average molecular weight is 343 g/mol. The molecule has 0 fully saturated rings. The number of pyridine rings is 1. The van der Waals surface area contributed by atoms with E-state index in [-0.39, 0.29) is 5.82 Å². The second-order valence-corrected chi connectivity index (χ2v) is 6.04. The fraction of sp³-hybridized carbons (Fsp3) is 0.0455. The Hall–Kier alpha value is -3.40. The molecule has 0 amide bonds. The van der Waals surface area contributed by atoms with E-state index in [2.05, 4.69) is 33.5 Å². The van der Waals surface area contributed by atoms with Gasteiger partial charge in [-0.15, -0.1) is 0 Å². The second-order valence-electron chi connectivity index (χ2n) is 6.04. The van der Waals surface area contributed by atoms with Gasteiger partial charge in [0.15, 0.2) is 0 Å². The summed E-state index contributed by atoms with van der Waals surface area (Å²) in [7, 11) is 1.90. The van der Waals surface area contributed by atoms with Crippen molar-refractivity contribution in [3.8, 4) is 33.6 Å². The predicted molar refractivity (Wildman–Crippen MR) is 104 cm³/mol. The smallest absolute Gasteiger partial charge is 0.123 e. The minimum atomic E-state index is -0.238. The van der Waals surface area contributed by atoms with Gasteiger partial charge in [0, 0.05) is 41.9 Å². The maximum absolute atomic E-state index is 13.3. The van der Waals surface area contributed by atoms with Gasteiger partial charge in [0.05, 0.1) is 5.69 Å². The Morgan fingerprint density at radius 1 is 0.808 bits per heavy atom. The summed E-state index contributed by atoms with van der Waals surface area (Å²) in [5, 5.41) is 3.13. The molecule has 0 atom stereocenters. The Morgan fingerprint density at radius 3 is 2.12 bits per heavy atom. The minimum absolute atomic E-state index is 0.238. The first kappa shape index (κ1) is 16.1. The van der Waals surface area contributed by atoms with Gasteiger partial charge in [0.1, 0.15) is 5.82 Å². The summed E-state index contributed by atoms with van der Waals surface area (Å²) in [5.74, 6) is -0.238. The number of nitrogens with one attached hydrogen (secondary N) is 2. The molecular formula is C22H18FN3. The average Bonchev–Trinajstić information content (AvgIpc) is 3.15. The van der Waals surface area contributed by atoms with Crippen molar-refractivity contribution in [2.75, 3.05) is 12.4 Å². The zero-order valence-electron chi connectivity index (χ0n) is 14.3. The van der Waals surface area contributed by atoms with E-state index >= 15 is 0 Å². The van der Waals surface area contributed by atoms with Crippen molar-refractivity contribution in [1.29, 1.82) is 0 Å². The molecule has 2 aromatic heterocycles. The number of hydrogen-bond acceptors (Lipinski definition) is 2. The largest absolute Gasteiger partial charge is 0.388 e. The maximum atomic E-state index is 13.3. The Labute approximate surface area is 151 Å². The molecular weight excluding hydrogens is 325 g/mol. The molecule has 4 heteroatoms. The van der Waals surface area contributed by atoms with Gasteiger partial charge in [-0.2, -0.15) is 0 Å². The van der Waals surface area contributed by atoms with E-state index in [0.29, 0.717) is 0 Å². The van der Waals surface area contributed by atoms with Crippen LogP contribution in [0.15, 0.2) is 79.1 Å². The highest BCUT2D eigenvalue weighted by atomic mass is 19.1. The van der Waals surface area contributed by atoms with Gasteiger partial charge in [-0.3, -0.25) is 4.98 Å². The second kappa shape index (κ2) is 6.84. The molecule has 0 aliphatic carbocycles. The highest BCUT2D eigenvalue weighted by Crippen LogP contribution is 2.36. The third kappa shape index (κ3) is 3.09. The first-order chi connectivity index (χ1) is 12.7. The van der Waals surface area contributed by atoms with E-state index in [9.17, 15) is 4.39 Å². The summed E-state index contributed by atoms with van der Waals surface area (Å²) in [6, 6.07) is 20.8. The minimum Gasteiger partial charge on any atom is -0.388 e. The van der Waals surface area contributed by atoms with Crippen LogP contribution in [0.5, 0.6) is 0 Å². The first-order valence-electron chi connectivity index (χ1n) is 8.42. The van der Waals surface area contributed by atoms with Crippen LogP contribution >= 0.6 is 0 Å². The van der Waals surface area contributed by atoms with Crippen LogP contribution in [0.25, 0.3) is 33.6 Å². The van der Waals surface area contributed by atoms with E-state index in [0.717, 1.165) is 39.3 Å². The lowest BCUT2D eigenvalue weighted by molar-refractivity contribution is 0.628. The van der Waals surface area contributed by atoms with E-state index in [4.69, 9.17) is 0 Å². The van der Waals surface area contributed by atoms with Gasteiger partial charge >= 0.3 is 0 Å². The topological polar surface area (TPSA) is 40.7 Å². The molecule has 2 N–H and O–H groups in total. The predicted octanol–water partition coefficient (Wildman–Crippen LogP) is 5.59. The van der Waals surface area contributed by atoms with E-state index in [1.165, 1.54) is 12.1 Å². The lowest BCUT2D eigenvalue weighted by Crippen LogP contribution is -1.87. The van der Waals surface area contributed by atoms with Crippen LogP contribution < -0.4 is 5.32 Å². The zero-order valence-corrected chi connectivity index (χ0v) is 14.3. The number of anilines is 1. The molecule has 0 aliphatic rings. The number of hydrogen-bond donors (Lipinski definition) is 2. The zero-order chi connectivity index (χ0) is 17.9. The van der Waals surface area contributed by atoms with Crippen LogP contribution in [-0.4, -0.2) is 17.0 Å². The van der Waals surface area contributed by atoms with Gasteiger partial charge in [0.25, 0.3) is 0 Å². The standard InChI is InChI=1S/C22H18FN3/c1-24-19-8-4-16(5-9-19)21-14-20(15-2-6-18(23)7-3-15)22(26-21)17-10-12-25-13-11-17/h2-14,24,26H,1H3. The van der Waals surface area contributed by atoms with Crippen LogP contribution in [0, 0.1) is 5.82 Å². The molecule has 4 rings (SSSR count). The summed E-state index contributed by atoms with van der Waals surface area (Å²) in [5.41, 5.74) is 7.19. The highest BCUT2D eigenvalue weighted by molar-refractivity contribution is 5.86. The highest BCUT2D eigenvalue weighted by Gasteiger charge is 2.13. The fourth-order valence-electron chi connectivity index (χ4n) is 3.03. The van der Waals surface area contributed by atoms with Crippen molar-refractivity contribution in [2.24, 2.45) is 0 Å². The number of nitrogens with zero attached hydrogens (tertiary/aromatic N) is 1. The molecule has 128 valence electrons. The Morgan fingerprint density at radius 2 is 1.46 bits per heavy atom. The van der Waals surface area contributed by atoms with Gasteiger partial charge < -0.3 is 10.3 Å². The van der Waals surface area contributed by atoms with Gasteiger partial charge in [0.2, 0.25) is 0 Å². The fourth-order valence-corrected chi connectivity index (χ4v) is 3.03. The molecule has 2 aromatic carbocycles. The number of halogens is 1. The van der Waals surface area contributed by atoms with E-state index in [1.807, 2.05) is 31.3 Å². The molecule has 0 radical (unpaired) electrons. The Balaban J connectivity index is 1.85. The van der Waals surface area contributed by atoms with Gasteiger partial charge in [-0.25, -0.2) is 4.39 Å². The SMILES string of the molecule is CNc1ccc(-c2cc(-c3ccc(F)cc3)c(-c3ccncc3)[nH]2)cc1. The summed E-state index contributed by atoms with van der Waals surface area (Å²) in [6.45, 7) is 0. The molecule has 26 heavy (non-hydrogen) atoms. The Bertz CT molecular complexity index is 1000. The quantitative estimate of drug-likeness (QED) is 0.507. The van der Waals surface area contributed by atoms with Crippen LogP contribution in [0.3, 0.4) is 0 Å². The normalized spacial score (nSPS) is 10.7. The monoisotopic (exact) mass is 343 g/mol. The molecule has 4 aromatic rings. The Kier molecular flexibility index (Phi) is 4.23. The maximum Gasteiger partial charge on any atom is 0.123 e. The van der Waals surface area contributed by atoms with Crippen LogP contribution in [0.2, 0.25) is 0 Å². The molecule has 0 aliphatic heterocycles. The number of benzene rings is 2. The summed E-state index contributed by atoms with van der Waals surface area (Å²) in [4.78, 5) is 7.62. The summed E-state index contributed by atoms with van der Waals surface area (Å²) >= 11 is 0. The number of H-pyrrole nitrogens is 1. The van der Waals surface area contributed by atoms with Crippen molar-refractivity contribution in [2.45, 2.75) is 0 Å². The summed E-state index contributed by atoms with van der Waals surface area (Å²) in [6.07, 6.45) is 3.54. The molecule has 0 bridgehead atoms. The van der Waals surface area contributed by atoms with Gasteiger partial charge in [-0.1, -0.05) is 24.3 Å². The molecule has 0 spiro atoms. The van der Waals surface area contributed by atoms with Crippen LogP contribution in [0.1, 0.15) is 0 Å². The van der Waals surface area contributed by atoms with Crippen LogP contribution in [-0.2, 0) is 0 Å². The third-order valence-corrected chi connectivity index (χ3v) is 4.43. The molecule has 0 saturated heterocycles. The number of aromatic nitrogens is 2. The summed E-state index contributed by atoms with van der Waals surface area (Å²) < 4.78 is 13.3. The molecule has 2 heterocycles. The van der Waals surface area contributed by atoms with E-state index in [1.54, 1.807) is 24.5 Å². The van der Waals surface area contributed by atoms with Crippen molar-refractivity contribution < 1.29 is 4.39 Å². The molecule has 0 unspecified atom stereocenters. The third-order valence-electron chi connectivity index (χ3n) is 4.43. The lowest BCUT2D eigenvalue weighted by atomic mass is 10.0. The molecule has 0 saturated carbocycles. The van der Waals surface area contributed by atoms with Crippen molar-refractivity contribution >= 4 is 5.69 Å². The number of aromatic amines is 1. The van der Waals surface area contributed by atoms with E-state index < -0.39 is 0 Å². The van der Waals surface area contributed by atoms with Crippen LogP contribution in [0.4, 0.5) is 10.1 Å². The van der Waals surface area contributed by atoms with Crippen molar-refractivity contribution in [3.05, 3.63) is 84.9 Å². The number of rotatable bonds is 4. The van der Waals surface area contributed by atoms with Gasteiger partial charge in [-0.05, 0) is 53.6 Å². The van der Waals surface area contributed by atoms with Crippen molar-refractivity contribution in [1.82, 2.24) is 9.97 Å². The molecule has 3 nitrogen and oxygen atoms in total. The van der Waals surface area contributed by atoms with Crippen molar-refractivity contribution in [3.63, 3.8) is 0 Å².